The van der Waals surface area contributed by atoms with Gasteiger partial charge in [0.05, 0.1) is 23.6 Å². The third-order valence-electron chi connectivity index (χ3n) is 4.68. The zero-order valence-corrected chi connectivity index (χ0v) is 13.2. The molecule has 3 aliphatic rings. The topological polar surface area (TPSA) is 50.4 Å². The lowest BCUT2D eigenvalue weighted by molar-refractivity contribution is -0.0593. The first-order valence-corrected chi connectivity index (χ1v) is 8.73. The number of nitrogens with one attached hydrogen (secondary N) is 2. The summed E-state index contributed by atoms with van der Waals surface area (Å²) in [5, 5.41) is 8.87. The summed E-state index contributed by atoms with van der Waals surface area (Å²) >= 11 is 1.56. The quantitative estimate of drug-likeness (QED) is 0.846. The van der Waals surface area contributed by atoms with E-state index in [2.05, 4.69) is 22.1 Å². The molecule has 1 aromatic heterocycles. The Hall–Kier alpha value is -0.910. The molecule has 0 radical (unpaired) electrons. The molecule has 2 heterocycles. The van der Waals surface area contributed by atoms with Gasteiger partial charge >= 0.3 is 0 Å². The number of thiophene rings is 1. The van der Waals surface area contributed by atoms with Crippen LogP contribution in [0.2, 0.25) is 0 Å². The highest BCUT2D eigenvalue weighted by molar-refractivity contribution is 7.12. The summed E-state index contributed by atoms with van der Waals surface area (Å²) in [5.74, 6) is 1.59. The lowest BCUT2D eigenvalue weighted by Crippen LogP contribution is -2.59. The second kappa shape index (κ2) is 5.07. The highest BCUT2D eigenvalue weighted by atomic mass is 32.1. The predicted molar refractivity (Wildman–Crippen MR) is 82.9 cm³/mol. The molecule has 0 aromatic carbocycles. The van der Waals surface area contributed by atoms with Crippen molar-refractivity contribution in [1.82, 2.24) is 10.6 Å². The van der Waals surface area contributed by atoms with Gasteiger partial charge in [0.2, 0.25) is 0 Å². The van der Waals surface area contributed by atoms with Crippen molar-refractivity contribution in [3.05, 3.63) is 21.9 Å². The normalized spacial score (nSPS) is 29.8. The van der Waals surface area contributed by atoms with Gasteiger partial charge in [-0.1, -0.05) is 0 Å². The van der Waals surface area contributed by atoms with Crippen LogP contribution in [0.1, 0.15) is 47.3 Å². The van der Waals surface area contributed by atoms with Crippen LogP contribution in [0.25, 0.3) is 0 Å². The minimum absolute atomic E-state index is 0.0418. The molecule has 1 amide bonds. The molecule has 2 N–H and O–H groups in total. The van der Waals surface area contributed by atoms with Gasteiger partial charge < -0.3 is 15.4 Å². The molecule has 2 unspecified atom stereocenters. The number of carbonyl (C=O) groups excluding carboxylic acids is 1. The Bertz CT molecular complexity index is 548. The lowest BCUT2D eigenvalue weighted by Gasteiger charge is -2.38. The van der Waals surface area contributed by atoms with Crippen LogP contribution in [0.5, 0.6) is 0 Å². The second-order valence-corrected chi connectivity index (χ2v) is 7.96. The van der Waals surface area contributed by atoms with Crippen molar-refractivity contribution in [2.45, 2.75) is 43.7 Å². The van der Waals surface area contributed by atoms with Gasteiger partial charge in [0, 0.05) is 12.0 Å². The van der Waals surface area contributed by atoms with Crippen molar-refractivity contribution in [1.29, 1.82) is 0 Å². The Kier molecular flexibility index (Phi) is 3.32. The number of hydrogen-bond donors (Lipinski definition) is 2. The monoisotopic (exact) mass is 306 g/mol. The van der Waals surface area contributed by atoms with E-state index in [-0.39, 0.29) is 11.4 Å². The molecule has 1 aromatic rings. The van der Waals surface area contributed by atoms with E-state index in [4.69, 9.17) is 4.74 Å². The van der Waals surface area contributed by atoms with Gasteiger partial charge in [-0.05, 0) is 55.7 Å². The van der Waals surface area contributed by atoms with E-state index in [0.29, 0.717) is 25.2 Å². The van der Waals surface area contributed by atoms with Crippen molar-refractivity contribution in [2.75, 3.05) is 19.8 Å². The maximum absolute atomic E-state index is 12.2. The number of amides is 1. The SMILES string of the molecule is CC1(NC(=O)c2cc(C3CC3NCC3CC3)cs2)COC1. The fraction of sp³-hybridized carbons (Fsp3) is 0.688. The van der Waals surface area contributed by atoms with Crippen molar-refractivity contribution < 1.29 is 9.53 Å². The van der Waals surface area contributed by atoms with Gasteiger partial charge in [-0.3, -0.25) is 4.79 Å². The van der Waals surface area contributed by atoms with Crippen LogP contribution in [0.4, 0.5) is 0 Å². The molecule has 21 heavy (non-hydrogen) atoms. The van der Waals surface area contributed by atoms with E-state index in [1.54, 1.807) is 11.3 Å². The first kappa shape index (κ1) is 13.7. The number of hydrogen-bond acceptors (Lipinski definition) is 4. The molecule has 4 nitrogen and oxygen atoms in total. The average Bonchev–Trinajstić information content (AvgIpc) is 3.33. The Balaban J connectivity index is 1.32. The minimum atomic E-state index is -0.171. The van der Waals surface area contributed by atoms with Crippen LogP contribution in [-0.4, -0.2) is 37.2 Å². The minimum Gasteiger partial charge on any atom is -0.376 e. The fourth-order valence-electron chi connectivity index (χ4n) is 2.91. The predicted octanol–water partition coefficient (Wildman–Crippen LogP) is 2.12. The van der Waals surface area contributed by atoms with Gasteiger partial charge in [0.1, 0.15) is 0 Å². The maximum atomic E-state index is 12.2. The van der Waals surface area contributed by atoms with E-state index in [9.17, 15) is 4.79 Å². The van der Waals surface area contributed by atoms with E-state index in [1.165, 1.54) is 31.4 Å². The Morgan fingerprint density at radius 2 is 2.29 bits per heavy atom. The summed E-state index contributed by atoms with van der Waals surface area (Å²) in [6.45, 7) is 4.44. The molecular formula is C16H22N2O2S. The highest BCUT2D eigenvalue weighted by Gasteiger charge is 2.40. The summed E-state index contributed by atoms with van der Waals surface area (Å²) in [7, 11) is 0. The molecule has 4 rings (SSSR count). The van der Waals surface area contributed by atoms with Crippen LogP contribution < -0.4 is 10.6 Å². The first-order valence-electron chi connectivity index (χ1n) is 7.85. The molecule has 2 aliphatic carbocycles. The van der Waals surface area contributed by atoms with Crippen LogP contribution in [-0.2, 0) is 4.74 Å². The molecular weight excluding hydrogens is 284 g/mol. The Morgan fingerprint density at radius 3 is 2.95 bits per heavy atom. The molecule has 0 bridgehead atoms. The van der Waals surface area contributed by atoms with Crippen LogP contribution in [0.3, 0.4) is 0 Å². The Morgan fingerprint density at radius 1 is 1.48 bits per heavy atom. The van der Waals surface area contributed by atoms with Crippen molar-refractivity contribution in [3.63, 3.8) is 0 Å². The smallest absolute Gasteiger partial charge is 0.261 e. The van der Waals surface area contributed by atoms with Crippen molar-refractivity contribution in [2.24, 2.45) is 5.92 Å². The third-order valence-corrected chi connectivity index (χ3v) is 5.63. The molecule has 3 fully saturated rings. The number of rotatable bonds is 6. The van der Waals surface area contributed by atoms with Gasteiger partial charge in [0.25, 0.3) is 5.91 Å². The van der Waals surface area contributed by atoms with Gasteiger partial charge in [0.15, 0.2) is 0 Å². The summed E-state index contributed by atoms with van der Waals surface area (Å²) in [6.07, 6.45) is 4.02. The first-order chi connectivity index (χ1) is 10.1. The third kappa shape index (κ3) is 3.00. The summed E-state index contributed by atoms with van der Waals surface area (Å²) in [5.41, 5.74) is 1.16. The molecule has 1 aliphatic heterocycles. The largest absolute Gasteiger partial charge is 0.376 e. The van der Waals surface area contributed by atoms with E-state index >= 15 is 0 Å². The fourth-order valence-corrected chi connectivity index (χ4v) is 3.78. The van der Waals surface area contributed by atoms with Gasteiger partial charge in [-0.15, -0.1) is 11.3 Å². The maximum Gasteiger partial charge on any atom is 0.261 e. The van der Waals surface area contributed by atoms with E-state index < -0.39 is 0 Å². The molecule has 1 saturated heterocycles. The van der Waals surface area contributed by atoms with E-state index in [0.717, 1.165) is 10.8 Å². The summed E-state index contributed by atoms with van der Waals surface area (Å²) < 4.78 is 5.17. The van der Waals surface area contributed by atoms with Crippen LogP contribution >= 0.6 is 11.3 Å². The van der Waals surface area contributed by atoms with Crippen LogP contribution in [0, 0.1) is 5.92 Å². The van der Waals surface area contributed by atoms with E-state index in [1.807, 2.05) is 6.92 Å². The van der Waals surface area contributed by atoms with Gasteiger partial charge in [-0.2, -0.15) is 0 Å². The highest BCUT2D eigenvalue weighted by Crippen LogP contribution is 2.43. The molecule has 114 valence electrons. The zero-order chi connectivity index (χ0) is 14.4. The summed E-state index contributed by atoms with van der Waals surface area (Å²) in [4.78, 5) is 13.1. The zero-order valence-electron chi connectivity index (χ0n) is 12.4. The molecule has 0 spiro atoms. The molecule has 5 heteroatoms. The van der Waals surface area contributed by atoms with Crippen molar-refractivity contribution >= 4 is 17.2 Å². The number of ether oxygens (including phenoxy) is 1. The Labute approximate surface area is 129 Å². The van der Waals surface area contributed by atoms with Gasteiger partial charge in [-0.25, -0.2) is 0 Å². The average molecular weight is 306 g/mol. The standard InChI is InChI=1S/C16H22N2O2S/c1-16(8-20-9-16)18-15(19)14-4-11(7-21-14)12-5-13(12)17-6-10-2-3-10/h4,7,10,12-13,17H,2-3,5-6,8-9H2,1H3,(H,18,19). The molecule has 2 atom stereocenters. The number of carbonyl (C=O) groups is 1. The lowest BCUT2D eigenvalue weighted by atomic mass is 10.0. The van der Waals surface area contributed by atoms with Crippen LogP contribution in [0.15, 0.2) is 11.4 Å². The van der Waals surface area contributed by atoms with Crippen molar-refractivity contribution in [3.8, 4) is 0 Å². The molecule has 2 saturated carbocycles. The second-order valence-electron chi connectivity index (χ2n) is 7.05. The summed E-state index contributed by atoms with van der Waals surface area (Å²) in [6, 6.07) is 2.71.